The van der Waals surface area contributed by atoms with Crippen LogP contribution in [0.4, 0.5) is 5.82 Å². The minimum Gasteiger partial charge on any atom is -0.309 e. The zero-order valence-electron chi connectivity index (χ0n) is 12.5. The number of nitrogens with zero attached hydrogens (tertiary/aromatic N) is 2. The quantitative estimate of drug-likeness (QED) is 0.869. The smallest absolute Gasteiger partial charge is 0.230 e. The molecular weight excluding hydrogens is 278 g/mol. The molecule has 0 aromatic carbocycles. The highest BCUT2D eigenvalue weighted by atomic mass is 35.5. The fraction of sp³-hybridized carbons (Fsp3) is 0.615. The van der Waals surface area contributed by atoms with Crippen LogP contribution in [0.1, 0.15) is 26.3 Å². The molecule has 0 saturated heterocycles. The fourth-order valence-electron chi connectivity index (χ4n) is 1.48. The lowest BCUT2D eigenvalue weighted by Gasteiger charge is -2.19. The fourth-order valence-corrected chi connectivity index (χ4v) is 3.16. The van der Waals surface area contributed by atoms with Crippen LogP contribution in [0.5, 0.6) is 0 Å². The number of hydrogen-bond acceptors (Lipinski definition) is 3. The molecule has 0 atom stereocenters. The zero-order valence-corrected chi connectivity index (χ0v) is 14.2. The van der Waals surface area contributed by atoms with Gasteiger partial charge in [0.05, 0.1) is 0 Å². The van der Waals surface area contributed by atoms with Crippen LogP contribution in [0.2, 0.25) is 24.8 Å². The molecule has 19 heavy (non-hydrogen) atoms. The molecule has 1 N–H and O–H groups in total. The molecule has 0 radical (unpaired) electrons. The Balaban J connectivity index is 2.94. The number of carbonyl (C=O) groups is 1. The van der Waals surface area contributed by atoms with Crippen LogP contribution in [0.25, 0.3) is 0 Å². The average Bonchev–Trinajstić information content (AvgIpc) is 2.19. The number of aromatic nitrogens is 2. The van der Waals surface area contributed by atoms with Crippen LogP contribution in [-0.2, 0) is 10.8 Å². The van der Waals surface area contributed by atoms with E-state index in [2.05, 4.69) is 35.2 Å². The Hall–Kier alpha value is -0.943. The van der Waals surface area contributed by atoms with Gasteiger partial charge < -0.3 is 5.32 Å². The molecule has 0 saturated carbocycles. The van der Waals surface area contributed by atoms with Crippen LogP contribution in [0.15, 0.2) is 6.07 Å². The van der Waals surface area contributed by atoms with Gasteiger partial charge >= 0.3 is 0 Å². The lowest BCUT2D eigenvalue weighted by molar-refractivity contribution is -0.123. The van der Waals surface area contributed by atoms with Crippen LogP contribution < -0.4 is 5.32 Å². The van der Waals surface area contributed by atoms with E-state index in [9.17, 15) is 4.79 Å². The first-order valence-corrected chi connectivity index (χ1v) is 10.4. The predicted molar refractivity (Wildman–Crippen MR) is 82.2 cm³/mol. The molecule has 0 spiro atoms. The number of hydrogen-bond donors (Lipinski definition) is 1. The van der Waals surface area contributed by atoms with Gasteiger partial charge in [0.1, 0.15) is 0 Å². The van der Waals surface area contributed by atoms with Gasteiger partial charge in [-0.15, -0.1) is 10.2 Å². The summed E-state index contributed by atoms with van der Waals surface area (Å²) in [5, 5.41) is 11.1. The Morgan fingerprint density at radius 1 is 1.32 bits per heavy atom. The summed E-state index contributed by atoms with van der Waals surface area (Å²) < 4.78 is 0. The van der Waals surface area contributed by atoms with Crippen molar-refractivity contribution in [2.24, 2.45) is 5.41 Å². The van der Waals surface area contributed by atoms with Crippen LogP contribution in [0.3, 0.4) is 0 Å². The largest absolute Gasteiger partial charge is 0.309 e. The van der Waals surface area contributed by atoms with E-state index in [0.717, 1.165) is 11.6 Å². The number of amides is 1. The van der Waals surface area contributed by atoms with Gasteiger partial charge in [0.25, 0.3) is 0 Å². The van der Waals surface area contributed by atoms with E-state index < -0.39 is 13.5 Å². The first kappa shape index (κ1) is 16.1. The van der Waals surface area contributed by atoms with Crippen LogP contribution in [-0.4, -0.2) is 24.2 Å². The topological polar surface area (TPSA) is 54.9 Å². The minimum atomic E-state index is -1.29. The summed E-state index contributed by atoms with van der Waals surface area (Å²) in [5.41, 5.74) is 0.500. The van der Waals surface area contributed by atoms with Crippen molar-refractivity contribution >= 4 is 31.4 Å². The molecule has 1 heterocycles. The molecule has 1 rings (SSSR count). The van der Waals surface area contributed by atoms with E-state index in [0.29, 0.717) is 11.0 Å². The van der Waals surface area contributed by atoms with Crippen molar-refractivity contribution in [1.82, 2.24) is 10.2 Å². The Morgan fingerprint density at radius 2 is 1.89 bits per heavy atom. The van der Waals surface area contributed by atoms with Crippen molar-refractivity contribution in [1.29, 1.82) is 0 Å². The van der Waals surface area contributed by atoms with E-state index in [-0.39, 0.29) is 5.91 Å². The van der Waals surface area contributed by atoms with E-state index in [1.165, 1.54) is 0 Å². The molecule has 0 unspecified atom stereocenters. The van der Waals surface area contributed by atoms with E-state index >= 15 is 0 Å². The van der Waals surface area contributed by atoms with Crippen molar-refractivity contribution in [2.45, 2.75) is 46.5 Å². The molecule has 0 aliphatic rings. The molecule has 0 fully saturated rings. The molecule has 4 nitrogen and oxygen atoms in total. The molecule has 1 amide bonds. The molecule has 0 aliphatic carbocycles. The van der Waals surface area contributed by atoms with Crippen LogP contribution >= 0.6 is 11.6 Å². The predicted octanol–water partition coefficient (Wildman–Crippen LogP) is 3.53. The maximum absolute atomic E-state index is 11.9. The number of rotatable bonds is 3. The molecule has 1 aromatic heterocycles. The number of nitrogens with one attached hydrogen (secondary N) is 1. The van der Waals surface area contributed by atoms with Gasteiger partial charge in [0.15, 0.2) is 11.0 Å². The molecule has 6 heteroatoms. The standard InChI is InChI=1S/C13H22ClN3OSi/c1-13(2,3)12(18)15-10-7-9(8-19(4,5)6)11(14)17-16-10/h7H,8H2,1-6H3,(H,15,16,18). The summed E-state index contributed by atoms with van der Waals surface area (Å²) >= 11 is 6.06. The molecular formula is C13H22ClN3OSi. The molecule has 0 bridgehead atoms. The van der Waals surface area contributed by atoms with E-state index in [4.69, 9.17) is 11.6 Å². The van der Waals surface area contributed by atoms with E-state index in [1.807, 2.05) is 26.8 Å². The maximum atomic E-state index is 11.9. The second-order valence-electron chi connectivity index (χ2n) is 6.99. The Kier molecular flexibility index (Phi) is 4.74. The SMILES string of the molecule is CC(C)(C)C(=O)Nc1cc(C[Si](C)(C)C)c(Cl)nn1. The normalized spacial score (nSPS) is 12.4. The highest BCUT2D eigenvalue weighted by Gasteiger charge is 2.23. The van der Waals surface area contributed by atoms with Gasteiger partial charge in [-0.1, -0.05) is 52.0 Å². The summed E-state index contributed by atoms with van der Waals surface area (Å²) in [6.45, 7) is 12.4. The monoisotopic (exact) mass is 299 g/mol. The highest BCUT2D eigenvalue weighted by Crippen LogP contribution is 2.22. The summed E-state index contributed by atoms with van der Waals surface area (Å²) in [6, 6.07) is 2.75. The van der Waals surface area contributed by atoms with Gasteiger partial charge in [-0.3, -0.25) is 4.79 Å². The molecule has 0 aliphatic heterocycles. The number of carbonyl (C=O) groups excluding carboxylic acids is 1. The third-order valence-corrected chi connectivity index (χ3v) is 4.22. The Labute approximate surface area is 121 Å². The molecule has 1 aromatic rings. The minimum absolute atomic E-state index is 0.0805. The van der Waals surface area contributed by atoms with E-state index in [1.54, 1.807) is 0 Å². The Morgan fingerprint density at radius 3 is 2.37 bits per heavy atom. The average molecular weight is 300 g/mol. The molecule has 106 valence electrons. The van der Waals surface area contributed by atoms with Crippen LogP contribution in [0, 0.1) is 5.41 Å². The summed E-state index contributed by atoms with van der Waals surface area (Å²) in [5.74, 6) is 0.389. The summed E-state index contributed by atoms with van der Waals surface area (Å²) in [7, 11) is -1.29. The first-order chi connectivity index (χ1) is 8.49. The van der Waals surface area contributed by atoms with Gasteiger partial charge in [0, 0.05) is 13.5 Å². The summed E-state index contributed by atoms with van der Waals surface area (Å²) in [4.78, 5) is 11.9. The van der Waals surface area contributed by atoms with Gasteiger partial charge in [-0.2, -0.15) is 0 Å². The van der Waals surface area contributed by atoms with Crippen molar-refractivity contribution in [2.75, 3.05) is 5.32 Å². The lowest BCUT2D eigenvalue weighted by Crippen LogP contribution is -2.28. The van der Waals surface area contributed by atoms with Gasteiger partial charge in [0.2, 0.25) is 5.91 Å². The van der Waals surface area contributed by atoms with Crippen molar-refractivity contribution < 1.29 is 4.79 Å². The van der Waals surface area contributed by atoms with Crippen molar-refractivity contribution in [3.05, 3.63) is 16.8 Å². The Bertz CT molecular complexity index is 478. The second kappa shape index (κ2) is 5.59. The lowest BCUT2D eigenvalue weighted by atomic mass is 9.96. The third kappa shape index (κ3) is 5.28. The highest BCUT2D eigenvalue weighted by molar-refractivity contribution is 6.75. The third-order valence-electron chi connectivity index (χ3n) is 2.47. The van der Waals surface area contributed by atoms with Crippen molar-refractivity contribution in [3.63, 3.8) is 0 Å². The first-order valence-electron chi connectivity index (χ1n) is 6.32. The number of halogens is 1. The zero-order chi connectivity index (χ0) is 14.8. The van der Waals surface area contributed by atoms with Gasteiger partial charge in [-0.25, -0.2) is 0 Å². The number of anilines is 1. The van der Waals surface area contributed by atoms with Crippen molar-refractivity contribution in [3.8, 4) is 0 Å². The summed E-state index contributed by atoms with van der Waals surface area (Å²) in [6.07, 6.45) is 0. The van der Waals surface area contributed by atoms with Gasteiger partial charge in [-0.05, 0) is 17.7 Å². The second-order valence-corrected chi connectivity index (χ2v) is 12.8. The maximum Gasteiger partial charge on any atom is 0.230 e.